The molecule has 1 aliphatic carbocycles. The fraction of sp³-hybridized carbons (Fsp3) is 0.423. The molecule has 3 aromatic heterocycles. The average Bonchev–Trinajstić information content (AvgIpc) is 3.47. The van der Waals surface area contributed by atoms with Gasteiger partial charge in [0.25, 0.3) is 6.01 Å². The summed E-state index contributed by atoms with van der Waals surface area (Å²) in [5.74, 6) is 0.229. The van der Waals surface area contributed by atoms with Crippen LogP contribution in [0.4, 0.5) is 0 Å². The molecule has 1 aliphatic heterocycles. The predicted molar refractivity (Wildman–Crippen MR) is 133 cm³/mol. The highest BCUT2D eigenvalue weighted by Crippen LogP contribution is 2.39. The van der Waals surface area contributed by atoms with Crippen LogP contribution in [0.15, 0.2) is 36.5 Å². The lowest BCUT2D eigenvalue weighted by Gasteiger charge is -2.32. The SMILES string of the molecule is CC(C)C(=O)N1CCC(Oc2nc3nc(-c4ccc5c(ccn5C5CC5)c4)c(Cl)cc3[nH]2)CC1. The van der Waals surface area contributed by atoms with Crippen molar-refractivity contribution in [2.24, 2.45) is 5.92 Å². The number of halogens is 1. The molecule has 2 fully saturated rings. The van der Waals surface area contributed by atoms with Gasteiger partial charge in [-0.1, -0.05) is 31.5 Å². The number of benzene rings is 1. The van der Waals surface area contributed by atoms with Crippen molar-refractivity contribution in [3.05, 3.63) is 41.6 Å². The zero-order valence-electron chi connectivity index (χ0n) is 19.4. The lowest BCUT2D eigenvalue weighted by Crippen LogP contribution is -2.43. The first-order chi connectivity index (χ1) is 16.5. The van der Waals surface area contributed by atoms with Gasteiger partial charge in [0.15, 0.2) is 5.65 Å². The van der Waals surface area contributed by atoms with Crippen LogP contribution in [0.1, 0.15) is 45.6 Å². The number of amides is 1. The minimum absolute atomic E-state index is 0.0182. The molecule has 7 nitrogen and oxygen atoms in total. The predicted octanol–water partition coefficient (Wildman–Crippen LogP) is 5.59. The molecule has 0 radical (unpaired) electrons. The molecule has 6 rings (SSSR count). The molecule has 2 aliphatic rings. The number of aromatic nitrogens is 4. The maximum Gasteiger partial charge on any atom is 0.296 e. The molecule has 0 spiro atoms. The Labute approximate surface area is 203 Å². The van der Waals surface area contributed by atoms with Crippen LogP contribution in [0.25, 0.3) is 33.3 Å². The zero-order valence-corrected chi connectivity index (χ0v) is 20.2. The summed E-state index contributed by atoms with van der Waals surface area (Å²) in [6.07, 6.45) is 6.28. The third-order valence-electron chi connectivity index (χ3n) is 6.86. The van der Waals surface area contributed by atoms with E-state index in [9.17, 15) is 4.79 Å². The molecular formula is C26H28ClN5O2. The van der Waals surface area contributed by atoms with Crippen LogP contribution in [0, 0.1) is 5.92 Å². The number of rotatable bonds is 5. The number of H-pyrrole nitrogens is 1. The lowest BCUT2D eigenvalue weighted by atomic mass is 10.1. The standard InChI is InChI=1S/C26H28ClN5O2/c1-15(2)25(33)31-10-8-19(9-11-31)34-26-28-21-14-20(27)23(29-24(21)30-26)17-3-6-22-16(13-17)7-12-32(22)18-4-5-18/h3,6-7,12-15,18-19H,4-5,8-11H2,1-2H3,(H,28,29,30). The summed E-state index contributed by atoms with van der Waals surface area (Å²) in [5.41, 5.74) is 4.27. The maximum absolute atomic E-state index is 12.2. The Kier molecular flexibility index (Phi) is 5.25. The van der Waals surface area contributed by atoms with Crippen molar-refractivity contribution >= 4 is 39.6 Å². The zero-order chi connectivity index (χ0) is 23.4. The van der Waals surface area contributed by atoms with Gasteiger partial charge in [0.2, 0.25) is 5.91 Å². The van der Waals surface area contributed by atoms with Gasteiger partial charge in [-0.25, -0.2) is 4.98 Å². The van der Waals surface area contributed by atoms with Crippen LogP contribution in [-0.2, 0) is 4.79 Å². The summed E-state index contributed by atoms with van der Waals surface area (Å²) in [4.78, 5) is 26.7. The van der Waals surface area contributed by atoms with Gasteiger partial charge in [0.05, 0.1) is 16.2 Å². The number of nitrogens with one attached hydrogen (secondary N) is 1. The van der Waals surface area contributed by atoms with Crippen molar-refractivity contribution in [1.82, 2.24) is 24.4 Å². The van der Waals surface area contributed by atoms with E-state index < -0.39 is 0 Å². The lowest BCUT2D eigenvalue weighted by molar-refractivity contribution is -0.136. The van der Waals surface area contributed by atoms with Gasteiger partial charge in [0.1, 0.15) is 6.10 Å². The first kappa shape index (κ1) is 21.5. The molecule has 0 unspecified atom stereocenters. The van der Waals surface area contributed by atoms with Gasteiger partial charge >= 0.3 is 0 Å². The van der Waals surface area contributed by atoms with E-state index in [2.05, 4.69) is 45.0 Å². The van der Waals surface area contributed by atoms with Crippen LogP contribution >= 0.6 is 11.6 Å². The summed E-state index contributed by atoms with van der Waals surface area (Å²) in [7, 11) is 0. The van der Waals surface area contributed by atoms with Gasteiger partial charge in [-0.15, -0.1) is 0 Å². The number of likely N-dealkylation sites (tertiary alicyclic amines) is 1. The van der Waals surface area contributed by atoms with E-state index in [0.717, 1.165) is 23.9 Å². The molecule has 176 valence electrons. The van der Waals surface area contributed by atoms with E-state index in [-0.39, 0.29) is 17.9 Å². The normalized spacial score (nSPS) is 17.2. The third kappa shape index (κ3) is 3.92. The van der Waals surface area contributed by atoms with Crippen LogP contribution < -0.4 is 4.74 Å². The topological polar surface area (TPSA) is 76.0 Å². The highest BCUT2D eigenvalue weighted by molar-refractivity contribution is 6.33. The first-order valence-corrected chi connectivity index (χ1v) is 12.5. The molecule has 1 amide bonds. The summed E-state index contributed by atoms with van der Waals surface area (Å²) in [6, 6.07) is 11.5. The van der Waals surface area contributed by atoms with E-state index in [1.807, 2.05) is 24.8 Å². The van der Waals surface area contributed by atoms with E-state index in [1.54, 1.807) is 0 Å². The number of carbonyl (C=O) groups excluding carboxylic acids is 1. The number of imidazole rings is 1. The summed E-state index contributed by atoms with van der Waals surface area (Å²) >= 11 is 6.63. The van der Waals surface area contributed by atoms with Gasteiger partial charge < -0.3 is 19.2 Å². The van der Waals surface area contributed by atoms with E-state index in [4.69, 9.17) is 21.3 Å². The Morgan fingerprint density at radius 3 is 2.65 bits per heavy atom. The quantitative estimate of drug-likeness (QED) is 0.406. The maximum atomic E-state index is 12.2. The van der Waals surface area contributed by atoms with Crippen molar-refractivity contribution in [3.8, 4) is 17.3 Å². The molecular weight excluding hydrogens is 450 g/mol. The van der Waals surface area contributed by atoms with Crippen LogP contribution in [0.5, 0.6) is 6.01 Å². The fourth-order valence-corrected chi connectivity index (χ4v) is 5.11. The summed E-state index contributed by atoms with van der Waals surface area (Å²) in [6.45, 7) is 5.30. The molecule has 1 saturated carbocycles. The highest BCUT2D eigenvalue weighted by atomic mass is 35.5. The molecule has 1 N–H and O–H groups in total. The van der Waals surface area contributed by atoms with E-state index >= 15 is 0 Å². The minimum Gasteiger partial charge on any atom is -0.461 e. The van der Waals surface area contributed by atoms with Crippen LogP contribution in [0.2, 0.25) is 5.02 Å². The van der Waals surface area contributed by atoms with Crippen molar-refractivity contribution in [2.45, 2.75) is 51.7 Å². The Hall–Kier alpha value is -3.06. The smallest absolute Gasteiger partial charge is 0.296 e. The number of nitrogens with zero attached hydrogens (tertiary/aromatic N) is 4. The molecule has 4 aromatic rings. The average molecular weight is 478 g/mol. The highest BCUT2D eigenvalue weighted by Gasteiger charge is 2.26. The minimum atomic E-state index is 0.0182. The molecule has 4 heterocycles. The summed E-state index contributed by atoms with van der Waals surface area (Å²) in [5, 5.41) is 1.76. The second-order valence-corrected chi connectivity index (χ2v) is 10.2. The first-order valence-electron chi connectivity index (χ1n) is 12.1. The number of aromatic amines is 1. The van der Waals surface area contributed by atoms with Gasteiger partial charge in [0, 0.05) is 60.6 Å². The van der Waals surface area contributed by atoms with Gasteiger partial charge in [-0.2, -0.15) is 4.98 Å². The number of carbonyl (C=O) groups is 1. The summed E-state index contributed by atoms with van der Waals surface area (Å²) < 4.78 is 8.47. The number of ether oxygens (including phenoxy) is 1. The second-order valence-electron chi connectivity index (χ2n) is 9.76. The second kappa shape index (κ2) is 8.31. The van der Waals surface area contributed by atoms with E-state index in [1.165, 1.54) is 23.7 Å². The largest absolute Gasteiger partial charge is 0.461 e. The molecule has 0 bridgehead atoms. The van der Waals surface area contributed by atoms with Crippen molar-refractivity contribution in [1.29, 1.82) is 0 Å². The van der Waals surface area contributed by atoms with Crippen molar-refractivity contribution in [3.63, 3.8) is 0 Å². The Bertz CT molecular complexity index is 1380. The van der Waals surface area contributed by atoms with Crippen molar-refractivity contribution < 1.29 is 9.53 Å². The van der Waals surface area contributed by atoms with Crippen molar-refractivity contribution in [2.75, 3.05) is 13.1 Å². The number of fused-ring (bicyclic) bond motifs is 2. The Balaban J connectivity index is 1.21. The number of hydrogen-bond acceptors (Lipinski definition) is 4. The number of piperidine rings is 1. The number of pyridine rings is 1. The molecule has 8 heteroatoms. The van der Waals surface area contributed by atoms with Crippen LogP contribution in [0.3, 0.4) is 0 Å². The number of hydrogen-bond donors (Lipinski definition) is 1. The van der Waals surface area contributed by atoms with Gasteiger partial charge in [-0.05, 0) is 37.1 Å². The molecule has 34 heavy (non-hydrogen) atoms. The Morgan fingerprint density at radius 1 is 1.12 bits per heavy atom. The Morgan fingerprint density at radius 2 is 1.91 bits per heavy atom. The molecule has 1 saturated heterocycles. The molecule has 0 atom stereocenters. The van der Waals surface area contributed by atoms with Gasteiger partial charge in [-0.3, -0.25) is 4.79 Å². The fourth-order valence-electron chi connectivity index (χ4n) is 4.85. The monoisotopic (exact) mass is 477 g/mol. The third-order valence-corrected chi connectivity index (χ3v) is 7.15. The van der Waals surface area contributed by atoms with E-state index in [0.29, 0.717) is 41.5 Å². The molecule has 1 aromatic carbocycles. The van der Waals surface area contributed by atoms with Crippen LogP contribution in [-0.4, -0.2) is 49.5 Å².